The van der Waals surface area contributed by atoms with Crippen molar-refractivity contribution in [3.8, 4) is 11.4 Å². The summed E-state index contributed by atoms with van der Waals surface area (Å²) < 4.78 is 16.4. The molecule has 2 aromatic rings. The summed E-state index contributed by atoms with van der Waals surface area (Å²) in [6, 6.07) is 3.94. The molecule has 0 unspecified atom stereocenters. The van der Waals surface area contributed by atoms with Gasteiger partial charge in [0.05, 0.1) is 37.9 Å². The van der Waals surface area contributed by atoms with Crippen molar-refractivity contribution in [1.29, 1.82) is 0 Å². The molecule has 1 saturated heterocycles. The van der Waals surface area contributed by atoms with Gasteiger partial charge in [-0.1, -0.05) is 80.9 Å². The third-order valence-electron chi connectivity index (χ3n) is 17.7. The highest BCUT2D eigenvalue weighted by atomic mass is 16.5. The van der Waals surface area contributed by atoms with Crippen LogP contribution in [0.5, 0.6) is 0 Å². The number of nitrogens with zero attached hydrogens (tertiary/aromatic N) is 4. The van der Waals surface area contributed by atoms with Gasteiger partial charge in [-0.15, -0.1) is 0 Å². The first-order valence-corrected chi connectivity index (χ1v) is 20.9. The van der Waals surface area contributed by atoms with Crippen LogP contribution < -0.4 is 5.32 Å². The summed E-state index contributed by atoms with van der Waals surface area (Å²) in [5.74, 6) is 1.19. The fraction of sp³-hybridized carbons (Fsp3) is 0.778. The SMILES string of the molecule is CN[C@@](C)(CO[C@H]1[C@H](n2ncnc2-c2ccncc2)C[C@@]23COC[C@]1(C)[C@@H]2CC[C@H]1C3=CC[C@@]2(C)[C@H](C(=O)O)[C@@](C)([C@H](C)C(C)C)CC[C@]12C)C(C)(C)C. The van der Waals surface area contributed by atoms with Crippen LogP contribution in [0.4, 0.5) is 0 Å². The van der Waals surface area contributed by atoms with Gasteiger partial charge >= 0.3 is 5.97 Å². The standard InChI is InChI=1S/C45H69N5O4/c1-28(2)29(3)40(7)19-20-42(9)31-13-14-34-41(8)24-53-26-45(34,32(31)15-18-43(42,10)35(40)38(51)52)23-33(36(41)54-25-44(11,46-12)39(4,5)6)50-37(48-27-49-50)30-16-21-47-22-17-30/h15-17,21-22,27-29,31,33-36,46H,13-14,18-20,23-26H2,1-12H3,(H,51,52)/t29-,31+,33-,34+,35-,36+,40-,41-,42-,43+,44+,45+/m1/s1. The lowest BCUT2D eigenvalue weighted by molar-refractivity contribution is -0.253. The molecule has 0 aromatic carbocycles. The van der Waals surface area contributed by atoms with Gasteiger partial charge < -0.3 is 19.9 Å². The van der Waals surface area contributed by atoms with E-state index in [4.69, 9.17) is 19.6 Å². The zero-order chi connectivity index (χ0) is 39.3. The van der Waals surface area contributed by atoms with Gasteiger partial charge in [0.2, 0.25) is 0 Å². The number of aromatic nitrogens is 4. The lowest BCUT2D eigenvalue weighted by Crippen LogP contribution is -2.69. The molecular weight excluding hydrogens is 675 g/mol. The first-order valence-electron chi connectivity index (χ1n) is 20.9. The van der Waals surface area contributed by atoms with E-state index < -0.39 is 11.9 Å². The zero-order valence-electron chi connectivity index (χ0n) is 35.3. The maximum Gasteiger partial charge on any atom is 0.307 e. The number of allylic oxidation sites excluding steroid dienone is 1. The summed E-state index contributed by atoms with van der Waals surface area (Å²) in [5, 5.41) is 19.8. The first kappa shape index (κ1) is 39.6. The van der Waals surface area contributed by atoms with Crippen molar-refractivity contribution in [3.63, 3.8) is 0 Å². The monoisotopic (exact) mass is 744 g/mol. The first-order chi connectivity index (χ1) is 25.2. The van der Waals surface area contributed by atoms with Gasteiger partial charge in [0.25, 0.3) is 0 Å². The number of pyridine rings is 1. The molecule has 2 N–H and O–H groups in total. The molecular formula is C45H69N5O4. The second kappa shape index (κ2) is 13.2. The molecule has 1 aliphatic heterocycles. The van der Waals surface area contributed by atoms with E-state index in [1.807, 2.05) is 31.6 Å². The van der Waals surface area contributed by atoms with Crippen LogP contribution in [0.25, 0.3) is 11.4 Å². The zero-order valence-corrected chi connectivity index (χ0v) is 35.3. The molecule has 9 heteroatoms. The number of carboxylic acids is 1. The van der Waals surface area contributed by atoms with Crippen LogP contribution in [-0.4, -0.2) is 69.3 Å². The Morgan fingerprint density at radius 2 is 1.76 bits per heavy atom. The van der Waals surface area contributed by atoms with Crippen molar-refractivity contribution in [2.75, 3.05) is 26.9 Å². The fourth-order valence-corrected chi connectivity index (χ4v) is 13.2. The van der Waals surface area contributed by atoms with E-state index in [0.717, 1.165) is 49.9 Å². The van der Waals surface area contributed by atoms with E-state index in [1.165, 1.54) is 5.57 Å². The van der Waals surface area contributed by atoms with Crippen molar-refractivity contribution < 1.29 is 19.4 Å². The number of hydrogen-bond acceptors (Lipinski definition) is 7. The summed E-state index contributed by atoms with van der Waals surface area (Å²) in [4.78, 5) is 22.7. The molecule has 3 saturated carbocycles. The van der Waals surface area contributed by atoms with Gasteiger partial charge in [-0.3, -0.25) is 9.78 Å². The van der Waals surface area contributed by atoms with Gasteiger partial charge in [-0.05, 0) is 110 Å². The molecule has 2 aromatic heterocycles. The van der Waals surface area contributed by atoms with E-state index in [1.54, 1.807) is 6.33 Å². The molecule has 0 spiro atoms. The molecule has 0 radical (unpaired) electrons. The second-order valence-electron chi connectivity index (χ2n) is 20.9. The van der Waals surface area contributed by atoms with Crippen LogP contribution in [0.15, 0.2) is 42.5 Å². The molecule has 0 amide bonds. The van der Waals surface area contributed by atoms with E-state index in [9.17, 15) is 9.90 Å². The normalized spacial score (nSPS) is 40.8. The molecule has 3 heterocycles. The van der Waals surface area contributed by atoms with Crippen LogP contribution in [0.3, 0.4) is 0 Å². The number of carbonyl (C=O) groups is 1. The lowest BCUT2D eigenvalue weighted by Gasteiger charge is -2.71. The maximum absolute atomic E-state index is 13.6. The van der Waals surface area contributed by atoms with E-state index in [-0.39, 0.29) is 50.2 Å². The Labute approximate surface area is 324 Å². The Balaban J connectivity index is 1.35. The minimum absolute atomic E-state index is 0.0427. The Hall–Kier alpha value is -2.62. The van der Waals surface area contributed by atoms with Gasteiger partial charge in [-0.2, -0.15) is 5.10 Å². The average molecular weight is 744 g/mol. The minimum Gasteiger partial charge on any atom is -0.481 e. The Morgan fingerprint density at radius 3 is 2.39 bits per heavy atom. The van der Waals surface area contributed by atoms with Crippen molar-refractivity contribution in [2.45, 2.75) is 132 Å². The Bertz CT molecular complexity index is 1750. The molecule has 4 aliphatic carbocycles. The van der Waals surface area contributed by atoms with Crippen molar-refractivity contribution in [3.05, 3.63) is 42.5 Å². The third-order valence-corrected chi connectivity index (χ3v) is 17.7. The van der Waals surface area contributed by atoms with E-state index >= 15 is 0 Å². The number of aliphatic carboxylic acids is 1. The van der Waals surface area contributed by atoms with Crippen LogP contribution >= 0.6 is 0 Å². The quantitative estimate of drug-likeness (QED) is 0.245. The molecule has 2 bridgehead atoms. The average Bonchev–Trinajstić information content (AvgIpc) is 3.60. The molecule has 12 atom stereocenters. The molecule has 298 valence electrons. The summed E-state index contributed by atoms with van der Waals surface area (Å²) in [7, 11) is 2.04. The van der Waals surface area contributed by atoms with Crippen LogP contribution in [0.2, 0.25) is 0 Å². The largest absolute Gasteiger partial charge is 0.481 e. The number of nitrogens with one attached hydrogen (secondary N) is 1. The van der Waals surface area contributed by atoms with Crippen LogP contribution in [0, 0.1) is 62.1 Å². The van der Waals surface area contributed by atoms with Crippen molar-refractivity contribution in [2.24, 2.45) is 62.1 Å². The highest BCUT2D eigenvalue weighted by Crippen LogP contribution is 2.75. The predicted octanol–water partition coefficient (Wildman–Crippen LogP) is 8.88. The summed E-state index contributed by atoms with van der Waals surface area (Å²) >= 11 is 0. The van der Waals surface area contributed by atoms with Crippen molar-refractivity contribution in [1.82, 2.24) is 25.1 Å². The van der Waals surface area contributed by atoms with Gasteiger partial charge in [0.15, 0.2) is 5.82 Å². The molecule has 9 nitrogen and oxygen atoms in total. The molecule has 5 aliphatic rings. The summed E-state index contributed by atoms with van der Waals surface area (Å²) in [6.07, 6.45) is 13.5. The maximum atomic E-state index is 13.6. The highest BCUT2D eigenvalue weighted by Gasteiger charge is 2.72. The second-order valence-corrected chi connectivity index (χ2v) is 20.9. The fourth-order valence-electron chi connectivity index (χ4n) is 13.2. The smallest absolute Gasteiger partial charge is 0.307 e. The molecule has 4 fully saturated rings. The number of fused-ring (bicyclic) bond motifs is 3. The highest BCUT2D eigenvalue weighted by molar-refractivity contribution is 5.73. The van der Waals surface area contributed by atoms with Crippen LogP contribution in [-0.2, 0) is 14.3 Å². The number of carboxylic acid groups (broad SMARTS) is 1. The summed E-state index contributed by atoms with van der Waals surface area (Å²) in [6.45, 7) is 27.3. The minimum atomic E-state index is -0.618. The van der Waals surface area contributed by atoms with Gasteiger partial charge in [-0.25, -0.2) is 9.67 Å². The topological polar surface area (TPSA) is 111 Å². The number of likely N-dealkylation sites (N-methyl/N-ethyl adjacent to an activating group) is 1. The van der Waals surface area contributed by atoms with E-state index in [0.29, 0.717) is 43.5 Å². The Kier molecular flexibility index (Phi) is 9.70. The van der Waals surface area contributed by atoms with Gasteiger partial charge in [0, 0.05) is 34.3 Å². The Morgan fingerprint density at radius 1 is 1.06 bits per heavy atom. The number of rotatable bonds is 9. The molecule has 54 heavy (non-hydrogen) atoms. The lowest BCUT2D eigenvalue weighted by atomic mass is 9.34. The van der Waals surface area contributed by atoms with E-state index in [2.05, 4.69) is 97.2 Å². The van der Waals surface area contributed by atoms with Crippen molar-refractivity contribution >= 4 is 5.97 Å². The summed E-state index contributed by atoms with van der Waals surface area (Å²) in [5.41, 5.74) is 0.923. The van der Waals surface area contributed by atoms with Gasteiger partial charge in [0.1, 0.15) is 6.33 Å². The third kappa shape index (κ3) is 5.47. The van der Waals surface area contributed by atoms with Crippen LogP contribution in [0.1, 0.15) is 121 Å². The molecule has 7 rings (SSSR count). The predicted molar refractivity (Wildman–Crippen MR) is 213 cm³/mol. The number of hydrogen-bond donors (Lipinski definition) is 2. The number of ether oxygens (including phenoxy) is 2.